The monoisotopic (exact) mass is 895 g/mol. The molecule has 0 spiro atoms. The first-order valence-corrected chi connectivity index (χ1v) is 25.3. The van der Waals surface area contributed by atoms with E-state index < -0.39 is 0 Å². The molecule has 346 valence electrons. The van der Waals surface area contributed by atoms with E-state index in [0.29, 0.717) is 47.5 Å². The maximum Gasteiger partial charge on any atom is 0.260 e. The Labute approximate surface area is 383 Å². The van der Waals surface area contributed by atoms with Crippen molar-refractivity contribution in [1.29, 1.82) is 0 Å². The number of anilines is 1. The molecule has 7 rings (SSSR count). The molecule has 2 aliphatic carbocycles. The van der Waals surface area contributed by atoms with Crippen LogP contribution in [0.2, 0.25) is 0 Å². The minimum Gasteiger partial charge on any atom is -0.494 e. The zero-order valence-electron chi connectivity index (χ0n) is 38.2. The van der Waals surface area contributed by atoms with E-state index in [-0.39, 0.29) is 53.7 Å². The van der Waals surface area contributed by atoms with Gasteiger partial charge in [0.2, 0.25) is 11.7 Å². The van der Waals surface area contributed by atoms with Crippen molar-refractivity contribution in [3.8, 4) is 5.75 Å². The van der Waals surface area contributed by atoms with Gasteiger partial charge in [-0.2, -0.15) is 10.2 Å². The van der Waals surface area contributed by atoms with Crippen molar-refractivity contribution in [2.75, 3.05) is 25.5 Å². The summed E-state index contributed by atoms with van der Waals surface area (Å²) < 4.78 is 7.93. The molecule has 0 bridgehead atoms. The number of thiazole rings is 1. The first-order valence-electron chi connectivity index (χ1n) is 24.4. The fourth-order valence-electron chi connectivity index (χ4n) is 9.91. The molecule has 3 atom stereocenters. The van der Waals surface area contributed by atoms with Crippen LogP contribution in [0.1, 0.15) is 191 Å². The number of ether oxygens (including phenoxy) is 1. The number of rotatable bonds is 25. The highest BCUT2D eigenvalue weighted by atomic mass is 32.1. The van der Waals surface area contributed by atoms with Crippen LogP contribution in [0.3, 0.4) is 0 Å². The van der Waals surface area contributed by atoms with E-state index >= 15 is 0 Å². The number of nitrogens with one attached hydrogen (secondary N) is 3. The minimum absolute atomic E-state index is 0.0754. The molecular formula is C50H70N8O5S. The van der Waals surface area contributed by atoms with Crippen molar-refractivity contribution in [3.05, 3.63) is 75.6 Å². The number of likely N-dealkylation sites (tertiary alicyclic amines) is 1. The average molecular weight is 895 g/mol. The number of aromatic amines is 1. The second-order valence-corrected chi connectivity index (χ2v) is 19.4. The molecule has 0 radical (unpaired) electrons. The van der Waals surface area contributed by atoms with Crippen LogP contribution in [0.25, 0.3) is 0 Å². The molecule has 1 aromatic carbocycles. The van der Waals surface area contributed by atoms with Crippen LogP contribution in [-0.2, 0) is 16.1 Å². The van der Waals surface area contributed by atoms with E-state index in [2.05, 4.69) is 25.9 Å². The van der Waals surface area contributed by atoms with E-state index in [1.54, 1.807) is 25.4 Å². The zero-order chi connectivity index (χ0) is 44.7. The van der Waals surface area contributed by atoms with Crippen LogP contribution in [0, 0.1) is 11.8 Å². The highest BCUT2D eigenvalue weighted by Crippen LogP contribution is 2.40. The van der Waals surface area contributed by atoms with E-state index in [0.717, 1.165) is 81.5 Å². The topological polar surface area (TPSA) is 164 Å². The number of carbonyl (C=O) groups excluding carboxylic acids is 4. The first-order chi connectivity index (χ1) is 31.3. The average Bonchev–Trinajstić information content (AvgIpc) is 4.19. The second-order valence-electron chi connectivity index (χ2n) is 18.5. The van der Waals surface area contributed by atoms with Crippen LogP contribution >= 0.6 is 11.3 Å². The van der Waals surface area contributed by atoms with Gasteiger partial charge in [0, 0.05) is 60.2 Å². The fraction of sp³-hybridized carbons (Fsp3) is 0.620. The number of aryl methyl sites for hydroxylation is 1. The van der Waals surface area contributed by atoms with Gasteiger partial charge in [-0.3, -0.25) is 29.0 Å². The zero-order valence-corrected chi connectivity index (χ0v) is 39.0. The van der Waals surface area contributed by atoms with E-state index in [1.165, 1.54) is 75.5 Å². The lowest BCUT2D eigenvalue weighted by atomic mass is 9.76. The molecule has 64 heavy (non-hydrogen) atoms. The summed E-state index contributed by atoms with van der Waals surface area (Å²) in [5, 5.41) is 20.3. The van der Waals surface area contributed by atoms with Crippen LogP contribution in [0.4, 0.5) is 5.82 Å². The number of carbonyl (C=O) groups is 4. The molecule has 13 nitrogen and oxygen atoms in total. The van der Waals surface area contributed by atoms with Crippen molar-refractivity contribution in [2.45, 2.75) is 166 Å². The summed E-state index contributed by atoms with van der Waals surface area (Å²) in [4.78, 5) is 60.5. The van der Waals surface area contributed by atoms with E-state index in [9.17, 15) is 19.2 Å². The number of benzene rings is 1. The summed E-state index contributed by atoms with van der Waals surface area (Å²) in [7, 11) is 1.79. The molecule has 4 heterocycles. The molecular weight excluding hydrogens is 825 g/mol. The number of Topliss-reactive ketones (excluding diaryl/α,β-unsaturated/α-hetero) is 1. The number of aromatic nitrogens is 5. The van der Waals surface area contributed by atoms with Crippen LogP contribution in [-0.4, -0.2) is 79.5 Å². The SMILES string of the molecule is CN[C@@H](C)C(=O)CC(C(=O)N1CCC[C@H]1c1nc(C(=O)c2cccc(OCCCCCCCCCCCn3cc(C(=O)Nc4cc(C5CCCC5)[nH]n4)cn3)c2)cs1)C1CCCCC1. The van der Waals surface area contributed by atoms with Gasteiger partial charge in [0.1, 0.15) is 22.2 Å². The maximum absolute atomic E-state index is 14.2. The molecule has 1 saturated heterocycles. The third-order valence-electron chi connectivity index (χ3n) is 13.9. The van der Waals surface area contributed by atoms with Crippen molar-refractivity contribution in [3.63, 3.8) is 0 Å². The fourth-order valence-corrected chi connectivity index (χ4v) is 10.9. The number of likely N-dealkylation sites (N-methyl/N-ethyl adjacent to an activating group) is 1. The smallest absolute Gasteiger partial charge is 0.260 e. The highest BCUT2D eigenvalue weighted by molar-refractivity contribution is 7.10. The van der Waals surface area contributed by atoms with Crippen LogP contribution in [0.15, 0.2) is 48.1 Å². The molecule has 2 amide bonds. The number of amides is 2. The van der Waals surface area contributed by atoms with Gasteiger partial charge in [0.05, 0.1) is 30.5 Å². The quantitative estimate of drug-likeness (QED) is 0.0434. The highest BCUT2D eigenvalue weighted by Gasteiger charge is 2.40. The molecule has 1 unspecified atom stereocenters. The Kier molecular flexibility index (Phi) is 17.7. The third kappa shape index (κ3) is 13.0. The van der Waals surface area contributed by atoms with Gasteiger partial charge < -0.3 is 20.3 Å². The summed E-state index contributed by atoms with van der Waals surface area (Å²) in [6, 6.07) is 8.87. The summed E-state index contributed by atoms with van der Waals surface area (Å²) in [6.07, 6.45) is 25.9. The Balaban J connectivity index is 0.762. The molecule has 2 saturated carbocycles. The maximum atomic E-state index is 14.2. The molecule has 14 heteroatoms. The van der Waals surface area contributed by atoms with Gasteiger partial charge in [0.25, 0.3) is 5.91 Å². The van der Waals surface area contributed by atoms with Gasteiger partial charge >= 0.3 is 0 Å². The Hall–Kier alpha value is -4.69. The van der Waals surface area contributed by atoms with Gasteiger partial charge in [-0.25, -0.2) is 4.98 Å². The molecule has 3 aliphatic rings. The lowest BCUT2D eigenvalue weighted by Crippen LogP contribution is -2.42. The number of unbranched alkanes of at least 4 members (excludes halogenated alkanes) is 8. The molecule has 3 fully saturated rings. The summed E-state index contributed by atoms with van der Waals surface area (Å²) in [6.45, 7) is 3.93. The second kappa shape index (κ2) is 24.0. The summed E-state index contributed by atoms with van der Waals surface area (Å²) >= 11 is 1.45. The van der Waals surface area contributed by atoms with Crippen molar-refractivity contribution >= 4 is 40.5 Å². The van der Waals surface area contributed by atoms with Gasteiger partial charge in [-0.15, -0.1) is 11.3 Å². The van der Waals surface area contributed by atoms with Crippen LogP contribution < -0.4 is 15.4 Å². The molecule has 4 aromatic rings. The van der Waals surface area contributed by atoms with Gasteiger partial charge in [0.15, 0.2) is 5.82 Å². The molecule has 1 aliphatic heterocycles. The summed E-state index contributed by atoms with van der Waals surface area (Å²) in [5.41, 5.74) is 2.60. The Morgan fingerprint density at radius 2 is 1.61 bits per heavy atom. The lowest BCUT2D eigenvalue weighted by molar-refractivity contribution is -0.141. The predicted octanol–water partition coefficient (Wildman–Crippen LogP) is 10.2. The predicted molar refractivity (Wildman–Crippen MR) is 251 cm³/mol. The number of hydrogen-bond donors (Lipinski definition) is 3. The largest absolute Gasteiger partial charge is 0.494 e. The van der Waals surface area contributed by atoms with E-state index in [4.69, 9.17) is 9.72 Å². The first kappa shape index (κ1) is 47.3. The van der Waals surface area contributed by atoms with Crippen molar-refractivity contribution in [1.82, 2.24) is 35.2 Å². The summed E-state index contributed by atoms with van der Waals surface area (Å²) in [5.74, 6) is 1.53. The minimum atomic E-state index is -0.308. The Morgan fingerprint density at radius 1 is 0.875 bits per heavy atom. The number of hydrogen-bond acceptors (Lipinski definition) is 10. The Morgan fingerprint density at radius 3 is 2.38 bits per heavy atom. The normalized spacial score (nSPS) is 18.0. The van der Waals surface area contributed by atoms with Crippen molar-refractivity contribution < 1.29 is 23.9 Å². The molecule has 3 N–H and O–H groups in total. The lowest BCUT2D eigenvalue weighted by Gasteiger charge is -2.34. The third-order valence-corrected chi connectivity index (χ3v) is 14.8. The van der Waals surface area contributed by atoms with Crippen LogP contribution in [0.5, 0.6) is 5.75 Å². The van der Waals surface area contributed by atoms with E-state index in [1.807, 2.05) is 46.3 Å². The molecule has 3 aromatic heterocycles. The standard InChI is InChI=1S/C50H70N8O5S/c1-35(51-2)45(59)30-41(36-19-11-10-12-20-36)50(62)58-27-18-25-44(58)49-53-43(34-64-49)47(60)38-23-17-24-40(29-38)63-28-16-9-7-5-3-4-6-8-15-26-57-33-39(32-52-57)48(61)54-46-31-42(55-56-46)37-21-13-14-22-37/h17,23-24,29,31-37,41,44,51H,3-16,18-22,25-28,30H2,1-2H3,(H2,54,55,56,61)/t35-,41?,44-/m0/s1. The number of H-pyrrole nitrogens is 1. The Bertz CT molecular complexity index is 2120. The van der Waals surface area contributed by atoms with Gasteiger partial charge in [-0.05, 0) is 83.4 Å². The number of ketones is 2. The van der Waals surface area contributed by atoms with Crippen molar-refractivity contribution in [2.24, 2.45) is 11.8 Å². The number of nitrogens with zero attached hydrogens (tertiary/aromatic N) is 5. The van der Waals surface area contributed by atoms with Gasteiger partial charge in [-0.1, -0.05) is 89.2 Å².